The lowest BCUT2D eigenvalue weighted by Crippen LogP contribution is -2.26. The highest BCUT2D eigenvalue weighted by atomic mass is 16.6. The summed E-state index contributed by atoms with van der Waals surface area (Å²) in [6, 6.07) is 4.07. The second kappa shape index (κ2) is 3.96. The normalized spacial score (nSPS) is 22.7. The first-order valence-electron chi connectivity index (χ1n) is 5.63. The largest absolute Gasteiger partial charge is 0.486 e. The molecule has 0 aromatic heterocycles. The smallest absolute Gasteiger partial charge is 0.167 e. The van der Waals surface area contributed by atoms with Gasteiger partial charge >= 0.3 is 0 Å². The summed E-state index contributed by atoms with van der Waals surface area (Å²) in [4.78, 5) is 0. The molecule has 3 rings (SSSR count). The zero-order valence-electron chi connectivity index (χ0n) is 9.07. The van der Waals surface area contributed by atoms with E-state index >= 15 is 0 Å². The van der Waals surface area contributed by atoms with Gasteiger partial charge in [0.05, 0.1) is 12.7 Å². The Morgan fingerprint density at radius 1 is 1.19 bits per heavy atom. The standard InChI is InChI=1S/C12H15NO3/c13-7-10-11-8(3-4-14-10)1-2-9-12(11)16-6-5-15-9/h1-2,10H,3-7,13H2. The summed E-state index contributed by atoms with van der Waals surface area (Å²) in [5, 5.41) is 0. The molecule has 16 heavy (non-hydrogen) atoms. The molecule has 0 aliphatic carbocycles. The topological polar surface area (TPSA) is 53.7 Å². The Hall–Kier alpha value is -1.26. The van der Waals surface area contributed by atoms with Crippen molar-refractivity contribution in [3.63, 3.8) is 0 Å². The molecule has 2 aliphatic rings. The van der Waals surface area contributed by atoms with Gasteiger partial charge in [0.1, 0.15) is 13.2 Å². The molecule has 1 unspecified atom stereocenters. The molecular formula is C12H15NO3. The van der Waals surface area contributed by atoms with E-state index in [1.165, 1.54) is 5.56 Å². The molecule has 1 atom stereocenters. The van der Waals surface area contributed by atoms with E-state index in [9.17, 15) is 0 Å². The molecule has 0 radical (unpaired) electrons. The van der Waals surface area contributed by atoms with Gasteiger partial charge in [0, 0.05) is 12.1 Å². The summed E-state index contributed by atoms with van der Waals surface area (Å²) in [5.74, 6) is 1.65. The van der Waals surface area contributed by atoms with Gasteiger partial charge in [-0.1, -0.05) is 6.07 Å². The molecule has 2 heterocycles. The molecule has 86 valence electrons. The first kappa shape index (κ1) is 9.93. The third-order valence-corrected chi connectivity index (χ3v) is 3.06. The van der Waals surface area contributed by atoms with E-state index < -0.39 is 0 Å². The van der Waals surface area contributed by atoms with E-state index in [1.807, 2.05) is 6.07 Å². The van der Waals surface area contributed by atoms with E-state index in [-0.39, 0.29) is 6.10 Å². The second-order valence-corrected chi connectivity index (χ2v) is 4.01. The van der Waals surface area contributed by atoms with Crippen molar-refractivity contribution in [1.82, 2.24) is 0 Å². The van der Waals surface area contributed by atoms with Gasteiger partial charge in [-0.15, -0.1) is 0 Å². The molecule has 1 aromatic carbocycles. The maximum Gasteiger partial charge on any atom is 0.167 e. The number of hydrogen-bond acceptors (Lipinski definition) is 4. The predicted octanol–water partition coefficient (Wildman–Crippen LogP) is 1.03. The van der Waals surface area contributed by atoms with Crippen molar-refractivity contribution in [3.8, 4) is 11.5 Å². The molecule has 0 fully saturated rings. The average Bonchev–Trinajstić information content (AvgIpc) is 2.37. The highest BCUT2D eigenvalue weighted by Gasteiger charge is 2.27. The van der Waals surface area contributed by atoms with Crippen LogP contribution in [0.4, 0.5) is 0 Å². The SMILES string of the molecule is NCC1OCCc2ccc3c(c21)OCCO3. The van der Waals surface area contributed by atoms with Crippen LogP contribution in [-0.2, 0) is 11.2 Å². The summed E-state index contributed by atoms with van der Waals surface area (Å²) < 4.78 is 16.9. The first-order valence-corrected chi connectivity index (χ1v) is 5.63. The van der Waals surface area contributed by atoms with E-state index in [1.54, 1.807) is 0 Å². The Balaban J connectivity index is 2.12. The number of ether oxygens (including phenoxy) is 3. The van der Waals surface area contributed by atoms with Gasteiger partial charge in [-0.25, -0.2) is 0 Å². The van der Waals surface area contributed by atoms with Crippen molar-refractivity contribution in [2.45, 2.75) is 12.5 Å². The van der Waals surface area contributed by atoms with Crippen molar-refractivity contribution in [3.05, 3.63) is 23.3 Å². The van der Waals surface area contributed by atoms with E-state index in [0.717, 1.165) is 30.1 Å². The molecule has 4 nitrogen and oxygen atoms in total. The molecule has 0 saturated carbocycles. The van der Waals surface area contributed by atoms with Crippen LogP contribution in [0.2, 0.25) is 0 Å². The summed E-state index contributed by atoms with van der Waals surface area (Å²) in [5.41, 5.74) is 8.09. The molecular weight excluding hydrogens is 206 g/mol. The Bertz CT molecular complexity index is 405. The second-order valence-electron chi connectivity index (χ2n) is 4.01. The maximum absolute atomic E-state index is 5.73. The minimum Gasteiger partial charge on any atom is -0.486 e. The predicted molar refractivity (Wildman–Crippen MR) is 58.9 cm³/mol. The molecule has 1 aromatic rings. The zero-order chi connectivity index (χ0) is 11.0. The van der Waals surface area contributed by atoms with Crippen LogP contribution < -0.4 is 15.2 Å². The summed E-state index contributed by atoms with van der Waals surface area (Å²) in [6.45, 7) is 2.42. The average molecular weight is 221 g/mol. The molecule has 0 amide bonds. The van der Waals surface area contributed by atoms with Crippen LogP contribution in [0.15, 0.2) is 12.1 Å². The fourth-order valence-corrected chi connectivity index (χ4v) is 2.33. The van der Waals surface area contributed by atoms with E-state index in [2.05, 4.69) is 6.07 Å². The Morgan fingerprint density at radius 3 is 2.94 bits per heavy atom. The number of fused-ring (bicyclic) bond motifs is 3. The summed E-state index contributed by atoms with van der Waals surface area (Å²) >= 11 is 0. The van der Waals surface area contributed by atoms with Crippen LogP contribution in [0.3, 0.4) is 0 Å². The molecule has 4 heteroatoms. The van der Waals surface area contributed by atoms with Gasteiger partial charge in [-0.05, 0) is 18.1 Å². The van der Waals surface area contributed by atoms with Gasteiger partial charge in [0.15, 0.2) is 11.5 Å². The van der Waals surface area contributed by atoms with Crippen LogP contribution in [0, 0.1) is 0 Å². The van der Waals surface area contributed by atoms with Crippen molar-refractivity contribution >= 4 is 0 Å². The fraction of sp³-hybridized carbons (Fsp3) is 0.500. The van der Waals surface area contributed by atoms with Crippen LogP contribution in [0.5, 0.6) is 11.5 Å². The van der Waals surface area contributed by atoms with E-state index in [4.69, 9.17) is 19.9 Å². The molecule has 0 spiro atoms. The number of rotatable bonds is 1. The van der Waals surface area contributed by atoms with Crippen LogP contribution >= 0.6 is 0 Å². The lowest BCUT2D eigenvalue weighted by molar-refractivity contribution is 0.0435. The number of benzene rings is 1. The fourth-order valence-electron chi connectivity index (χ4n) is 2.33. The first-order chi connectivity index (χ1) is 7.90. The third kappa shape index (κ3) is 1.45. The van der Waals surface area contributed by atoms with Gasteiger partial charge in [0.2, 0.25) is 0 Å². The number of hydrogen-bond donors (Lipinski definition) is 1. The Labute approximate surface area is 94.3 Å². The lowest BCUT2D eigenvalue weighted by Gasteiger charge is -2.30. The minimum atomic E-state index is -0.0552. The quantitative estimate of drug-likeness (QED) is 0.769. The van der Waals surface area contributed by atoms with Crippen LogP contribution in [0.25, 0.3) is 0 Å². The molecule has 2 aliphatic heterocycles. The lowest BCUT2D eigenvalue weighted by atomic mass is 9.95. The van der Waals surface area contributed by atoms with Crippen molar-refractivity contribution in [2.24, 2.45) is 5.73 Å². The molecule has 0 bridgehead atoms. The van der Waals surface area contributed by atoms with Crippen LogP contribution in [-0.4, -0.2) is 26.4 Å². The van der Waals surface area contributed by atoms with Gasteiger partial charge in [-0.2, -0.15) is 0 Å². The van der Waals surface area contributed by atoms with Crippen molar-refractivity contribution < 1.29 is 14.2 Å². The van der Waals surface area contributed by atoms with Crippen molar-refractivity contribution in [2.75, 3.05) is 26.4 Å². The monoisotopic (exact) mass is 221 g/mol. The summed E-state index contributed by atoms with van der Waals surface area (Å²) in [7, 11) is 0. The minimum absolute atomic E-state index is 0.0552. The Kier molecular flexibility index (Phi) is 2.46. The van der Waals surface area contributed by atoms with Gasteiger partial charge < -0.3 is 19.9 Å². The van der Waals surface area contributed by atoms with Gasteiger partial charge in [0.25, 0.3) is 0 Å². The molecule has 0 saturated heterocycles. The van der Waals surface area contributed by atoms with E-state index in [0.29, 0.717) is 19.8 Å². The summed E-state index contributed by atoms with van der Waals surface area (Å²) in [6.07, 6.45) is 0.864. The number of nitrogens with two attached hydrogens (primary N) is 1. The van der Waals surface area contributed by atoms with Crippen LogP contribution in [0.1, 0.15) is 17.2 Å². The molecule has 2 N–H and O–H groups in total. The third-order valence-electron chi connectivity index (χ3n) is 3.06. The van der Waals surface area contributed by atoms with Crippen molar-refractivity contribution in [1.29, 1.82) is 0 Å². The van der Waals surface area contributed by atoms with Gasteiger partial charge in [-0.3, -0.25) is 0 Å². The zero-order valence-corrected chi connectivity index (χ0v) is 9.07. The highest BCUT2D eigenvalue weighted by molar-refractivity contribution is 5.53. The maximum atomic E-state index is 5.73. The highest BCUT2D eigenvalue weighted by Crippen LogP contribution is 2.42. The Morgan fingerprint density at radius 2 is 2.06 bits per heavy atom.